The lowest BCUT2D eigenvalue weighted by atomic mass is 10.1. The van der Waals surface area contributed by atoms with Crippen molar-refractivity contribution in [2.45, 2.75) is 18.9 Å². The summed E-state index contributed by atoms with van der Waals surface area (Å²) >= 11 is 0. The number of nitrogens with two attached hydrogens (primary N) is 1. The Bertz CT molecular complexity index is 477. The second kappa shape index (κ2) is 6.64. The maximum absolute atomic E-state index is 6.27. The molecule has 1 fully saturated rings. The van der Waals surface area contributed by atoms with Gasteiger partial charge in [-0.05, 0) is 43.5 Å². The zero-order chi connectivity index (χ0) is 14.7. The van der Waals surface area contributed by atoms with Crippen molar-refractivity contribution < 1.29 is 14.2 Å². The summed E-state index contributed by atoms with van der Waals surface area (Å²) in [6.45, 7) is 3.70. The van der Waals surface area contributed by atoms with Crippen molar-refractivity contribution >= 4 is 0 Å². The number of fused-ring (bicyclic) bond motifs is 1. The zero-order valence-corrected chi connectivity index (χ0v) is 12.6. The predicted molar refractivity (Wildman–Crippen MR) is 80.5 cm³/mol. The van der Waals surface area contributed by atoms with E-state index in [4.69, 9.17) is 19.9 Å². The first-order valence-corrected chi connectivity index (χ1v) is 7.64. The highest BCUT2D eigenvalue weighted by Crippen LogP contribution is 2.33. The summed E-state index contributed by atoms with van der Waals surface area (Å²) < 4.78 is 16.4. The molecule has 5 nitrogen and oxygen atoms in total. The molecule has 0 saturated heterocycles. The number of hydrogen-bond acceptors (Lipinski definition) is 5. The van der Waals surface area contributed by atoms with E-state index < -0.39 is 0 Å². The summed E-state index contributed by atoms with van der Waals surface area (Å²) in [7, 11) is 2.08. The lowest BCUT2D eigenvalue weighted by Gasteiger charge is -2.21. The molecule has 1 saturated carbocycles. The maximum atomic E-state index is 6.27. The Morgan fingerprint density at radius 3 is 2.95 bits per heavy atom. The molecule has 1 aromatic rings. The van der Waals surface area contributed by atoms with E-state index in [9.17, 15) is 0 Å². The van der Waals surface area contributed by atoms with Crippen LogP contribution in [0.4, 0.5) is 0 Å². The first kappa shape index (κ1) is 14.6. The molecule has 2 aliphatic rings. The van der Waals surface area contributed by atoms with Crippen molar-refractivity contribution in [3.63, 3.8) is 0 Å². The average Bonchev–Trinajstić information content (AvgIpc) is 3.18. The molecule has 1 aliphatic carbocycles. The molecule has 1 heterocycles. The van der Waals surface area contributed by atoms with Crippen molar-refractivity contribution in [3.8, 4) is 11.5 Å². The average molecular weight is 292 g/mol. The third kappa shape index (κ3) is 4.09. The Kier molecular flexibility index (Phi) is 4.63. The van der Waals surface area contributed by atoms with Crippen LogP contribution in [0.15, 0.2) is 18.2 Å². The van der Waals surface area contributed by atoms with Gasteiger partial charge in [0.25, 0.3) is 0 Å². The first-order chi connectivity index (χ1) is 10.2. The molecule has 3 rings (SSSR count). The van der Waals surface area contributed by atoms with Gasteiger partial charge in [0, 0.05) is 25.7 Å². The highest BCUT2D eigenvalue weighted by Gasteiger charge is 2.21. The van der Waals surface area contributed by atoms with Gasteiger partial charge in [-0.1, -0.05) is 6.07 Å². The number of hydrogen-bond donors (Lipinski definition) is 1. The van der Waals surface area contributed by atoms with Crippen LogP contribution in [0.5, 0.6) is 11.5 Å². The molecule has 0 radical (unpaired) electrons. The van der Waals surface area contributed by atoms with E-state index in [0.29, 0.717) is 6.79 Å². The summed E-state index contributed by atoms with van der Waals surface area (Å²) in [5.74, 6) is 2.41. The van der Waals surface area contributed by atoms with E-state index in [2.05, 4.69) is 11.9 Å². The van der Waals surface area contributed by atoms with Gasteiger partial charge in [-0.2, -0.15) is 0 Å². The van der Waals surface area contributed by atoms with Gasteiger partial charge in [-0.25, -0.2) is 0 Å². The Balaban J connectivity index is 1.42. The van der Waals surface area contributed by atoms with Crippen LogP contribution >= 0.6 is 0 Å². The molecule has 116 valence electrons. The normalized spacial score (nSPS) is 18.2. The molecule has 0 spiro atoms. The SMILES string of the molecule is CN(CCOCC1CC1)CC(N)c1ccc2c(c1)OCO2. The molecule has 1 unspecified atom stereocenters. The molecule has 1 atom stereocenters. The topological polar surface area (TPSA) is 57.0 Å². The highest BCUT2D eigenvalue weighted by atomic mass is 16.7. The van der Waals surface area contributed by atoms with Gasteiger partial charge in [-0.15, -0.1) is 0 Å². The van der Waals surface area contributed by atoms with Crippen LogP contribution in [0.25, 0.3) is 0 Å². The minimum absolute atomic E-state index is 0.0343. The smallest absolute Gasteiger partial charge is 0.231 e. The molecular formula is C16H24N2O3. The maximum Gasteiger partial charge on any atom is 0.231 e. The van der Waals surface area contributed by atoms with Gasteiger partial charge in [0.05, 0.1) is 6.61 Å². The van der Waals surface area contributed by atoms with Gasteiger partial charge >= 0.3 is 0 Å². The van der Waals surface area contributed by atoms with Crippen LogP contribution in [0, 0.1) is 5.92 Å². The van der Waals surface area contributed by atoms with Gasteiger partial charge in [0.2, 0.25) is 6.79 Å². The Labute approximate surface area is 126 Å². The number of rotatable bonds is 8. The Morgan fingerprint density at radius 1 is 1.33 bits per heavy atom. The van der Waals surface area contributed by atoms with Gasteiger partial charge in [-0.3, -0.25) is 0 Å². The largest absolute Gasteiger partial charge is 0.454 e. The van der Waals surface area contributed by atoms with Crippen LogP contribution in [-0.2, 0) is 4.74 Å². The lowest BCUT2D eigenvalue weighted by Crippen LogP contribution is -2.31. The monoisotopic (exact) mass is 292 g/mol. The predicted octanol–water partition coefficient (Wildman–Crippen LogP) is 1.77. The first-order valence-electron chi connectivity index (χ1n) is 7.64. The molecule has 0 amide bonds. The number of nitrogens with zero attached hydrogens (tertiary/aromatic N) is 1. The van der Waals surface area contributed by atoms with Crippen molar-refractivity contribution in [1.82, 2.24) is 4.90 Å². The van der Waals surface area contributed by atoms with E-state index in [1.807, 2.05) is 18.2 Å². The van der Waals surface area contributed by atoms with Crippen LogP contribution in [0.3, 0.4) is 0 Å². The van der Waals surface area contributed by atoms with Crippen molar-refractivity contribution in [2.24, 2.45) is 11.7 Å². The van der Waals surface area contributed by atoms with Crippen molar-refractivity contribution in [1.29, 1.82) is 0 Å². The number of ether oxygens (including phenoxy) is 3. The molecule has 0 bridgehead atoms. The number of likely N-dealkylation sites (N-methyl/N-ethyl adjacent to an activating group) is 1. The fraction of sp³-hybridized carbons (Fsp3) is 0.625. The molecule has 0 aromatic heterocycles. The van der Waals surface area contributed by atoms with Crippen LogP contribution in [-0.4, -0.2) is 45.0 Å². The Morgan fingerprint density at radius 2 is 2.14 bits per heavy atom. The fourth-order valence-electron chi connectivity index (χ4n) is 2.43. The summed E-state index contributed by atoms with van der Waals surface area (Å²) in [6, 6.07) is 5.88. The highest BCUT2D eigenvalue weighted by molar-refractivity contribution is 5.45. The molecule has 21 heavy (non-hydrogen) atoms. The standard InChI is InChI=1S/C16H24N2O3/c1-18(6-7-19-10-12-2-3-12)9-14(17)13-4-5-15-16(8-13)21-11-20-15/h4-5,8,12,14H,2-3,6-7,9-11,17H2,1H3. The van der Waals surface area contributed by atoms with E-state index in [-0.39, 0.29) is 6.04 Å². The Hall–Kier alpha value is -1.30. The van der Waals surface area contributed by atoms with Crippen molar-refractivity contribution in [2.75, 3.05) is 40.1 Å². The van der Waals surface area contributed by atoms with E-state index in [1.165, 1.54) is 12.8 Å². The third-order valence-electron chi connectivity index (χ3n) is 4.00. The van der Waals surface area contributed by atoms with Gasteiger partial charge < -0.3 is 24.8 Å². The summed E-state index contributed by atoms with van der Waals surface area (Å²) in [6.07, 6.45) is 2.68. The summed E-state index contributed by atoms with van der Waals surface area (Å²) in [5, 5.41) is 0. The molecule has 1 aromatic carbocycles. The minimum Gasteiger partial charge on any atom is -0.454 e. The minimum atomic E-state index is -0.0343. The fourth-order valence-corrected chi connectivity index (χ4v) is 2.43. The third-order valence-corrected chi connectivity index (χ3v) is 4.00. The van der Waals surface area contributed by atoms with Crippen molar-refractivity contribution in [3.05, 3.63) is 23.8 Å². The lowest BCUT2D eigenvalue weighted by molar-refractivity contribution is 0.102. The van der Waals surface area contributed by atoms with Crippen LogP contribution in [0.1, 0.15) is 24.4 Å². The van der Waals surface area contributed by atoms with Crippen LogP contribution < -0.4 is 15.2 Å². The zero-order valence-electron chi connectivity index (χ0n) is 12.6. The van der Waals surface area contributed by atoms with E-state index in [1.54, 1.807) is 0 Å². The van der Waals surface area contributed by atoms with Gasteiger partial charge in [0.1, 0.15) is 0 Å². The molecule has 1 aliphatic heterocycles. The van der Waals surface area contributed by atoms with Gasteiger partial charge in [0.15, 0.2) is 11.5 Å². The van der Waals surface area contributed by atoms with E-state index in [0.717, 1.165) is 49.3 Å². The summed E-state index contributed by atoms with van der Waals surface area (Å²) in [4.78, 5) is 2.21. The number of benzene rings is 1. The van der Waals surface area contributed by atoms with Crippen LogP contribution in [0.2, 0.25) is 0 Å². The molecule has 2 N–H and O–H groups in total. The quantitative estimate of drug-likeness (QED) is 0.740. The summed E-state index contributed by atoms with van der Waals surface area (Å²) in [5.41, 5.74) is 7.35. The second-order valence-electron chi connectivity index (χ2n) is 6.00. The molecule has 5 heteroatoms. The van der Waals surface area contributed by atoms with E-state index >= 15 is 0 Å². The molecular weight excluding hydrogens is 268 g/mol. The second-order valence-corrected chi connectivity index (χ2v) is 6.00.